The van der Waals surface area contributed by atoms with Crippen molar-refractivity contribution < 1.29 is 9.53 Å². The predicted molar refractivity (Wildman–Crippen MR) is 77.2 cm³/mol. The van der Waals surface area contributed by atoms with Crippen molar-refractivity contribution in [2.45, 2.75) is 72.1 Å². The van der Waals surface area contributed by atoms with Crippen LogP contribution in [-0.4, -0.2) is 24.8 Å². The third-order valence-electron chi connectivity index (χ3n) is 2.78. The zero-order valence-corrected chi connectivity index (χ0v) is 12.3. The van der Waals surface area contributed by atoms with E-state index in [2.05, 4.69) is 11.9 Å². The van der Waals surface area contributed by atoms with Gasteiger partial charge in [-0.1, -0.05) is 33.6 Å². The molecule has 0 amide bonds. The van der Waals surface area contributed by atoms with E-state index in [1.807, 2.05) is 6.92 Å². The summed E-state index contributed by atoms with van der Waals surface area (Å²) in [6.45, 7) is 7.67. The largest absolute Gasteiger partial charge is 0.466 e. The summed E-state index contributed by atoms with van der Waals surface area (Å²) in [5.41, 5.74) is 1.48. The van der Waals surface area contributed by atoms with Crippen LogP contribution in [0.4, 0.5) is 0 Å². The summed E-state index contributed by atoms with van der Waals surface area (Å²) in [4.78, 5) is 14.8. The third kappa shape index (κ3) is 10.3. The van der Waals surface area contributed by atoms with Crippen LogP contribution in [0, 0.1) is 0 Å². The highest BCUT2D eigenvalue weighted by molar-refractivity contribution is 5.85. The topological polar surface area (TPSA) is 38.7 Å². The number of carbonyl (C=O) groups excluding carboxylic acids is 1. The average Bonchev–Trinajstić information content (AvgIpc) is 2.90. The maximum absolute atomic E-state index is 10.3. The maximum Gasteiger partial charge on any atom is 0.305 e. The van der Waals surface area contributed by atoms with E-state index >= 15 is 0 Å². The van der Waals surface area contributed by atoms with Crippen LogP contribution < -0.4 is 0 Å². The first-order valence-corrected chi connectivity index (χ1v) is 7.42. The molecule has 0 saturated heterocycles. The SMILES string of the molecule is CCCCCC1=NCCC1.CCCOC(=O)CC. The molecule has 3 nitrogen and oxygen atoms in total. The molecule has 0 aromatic carbocycles. The number of aliphatic imine (C=N–C) groups is 1. The Morgan fingerprint density at radius 1 is 1.22 bits per heavy atom. The minimum Gasteiger partial charge on any atom is -0.466 e. The lowest BCUT2D eigenvalue weighted by atomic mass is 10.1. The van der Waals surface area contributed by atoms with Crippen molar-refractivity contribution in [2.24, 2.45) is 4.99 Å². The molecule has 0 aromatic rings. The lowest BCUT2D eigenvalue weighted by molar-refractivity contribution is -0.143. The molecule has 0 spiro atoms. The molecule has 0 atom stereocenters. The summed E-state index contributed by atoms with van der Waals surface area (Å²) in [5, 5.41) is 0. The van der Waals surface area contributed by atoms with Crippen LogP contribution in [0.15, 0.2) is 4.99 Å². The van der Waals surface area contributed by atoms with Crippen LogP contribution in [0.2, 0.25) is 0 Å². The van der Waals surface area contributed by atoms with Gasteiger partial charge in [0.25, 0.3) is 0 Å². The second-order valence-electron chi connectivity index (χ2n) is 4.58. The summed E-state index contributed by atoms with van der Waals surface area (Å²) in [6.07, 6.45) is 9.31. The Labute approximate surface area is 112 Å². The molecule has 18 heavy (non-hydrogen) atoms. The summed E-state index contributed by atoms with van der Waals surface area (Å²) < 4.78 is 4.70. The first kappa shape index (κ1) is 17.1. The average molecular weight is 255 g/mol. The Hall–Kier alpha value is -0.860. The molecule has 1 aliphatic heterocycles. The fourth-order valence-corrected chi connectivity index (χ4v) is 1.70. The first-order chi connectivity index (χ1) is 8.74. The van der Waals surface area contributed by atoms with Gasteiger partial charge in [0.1, 0.15) is 0 Å². The van der Waals surface area contributed by atoms with Crippen LogP contribution in [-0.2, 0) is 9.53 Å². The second kappa shape index (κ2) is 12.6. The van der Waals surface area contributed by atoms with E-state index in [-0.39, 0.29) is 5.97 Å². The van der Waals surface area contributed by atoms with Gasteiger partial charge in [-0.15, -0.1) is 0 Å². The van der Waals surface area contributed by atoms with Crippen LogP contribution in [0.5, 0.6) is 0 Å². The molecule has 106 valence electrons. The van der Waals surface area contributed by atoms with E-state index in [1.54, 1.807) is 6.92 Å². The lowest BCUT2D eigenvalue weighted by Crippen LogP contribution is -2.02. The number of unbranched alkanes of at least 4 members (excludes halogenated alkanes) is 2. The van der Waals surface area contributed by atoms with Gasteiger partial charge < -0.3 is 4.74 Å². The van der Waals surface area contributed by atoms with Gasteiger partial charge in [-0.2, -0.15) is 0 Å². The number of rotatable bonds is 7. The number of carbonyl (C=O) groups is 1. The molecule has 0 radical (unpaired) electrons. The molecule has 1 rings (SSSR count). The summed E-state index contributed by atoms with van der Waals surface area (Å²) >= 11 is 0. The van der Waals surface area contributed by atoms with Crippen molar-refractivity contribution in [1.29, 1.82) is 0 Å². The highest BCUT2D eigenvalue weighted by Crippen LogP contribution is 2.10. The van der Waals surface area contributed by atoms with E-state index < -0.39 is 0 Å². The van der Waals surface area contributed by atoms with Crippen LogP contribution in [0.3, 0.4) is 0 Å². The Bertz CT molecular complexity index is 237. The second-order valence-corrected chi connectivity index (χ2v) is 4.58. The molecule has 3 heteroatoms. The molecule has 0 aromatic heterocycles. The molecule has 1 aliphatic rings. The van der Waals surface area contributed by atoms with E-state index in [4.69, 9.17) is 4.74 Å². The fraction of sp³-hybridized carbons (Fsp3) is 0.867. The van der Waals surface area contributed by atoms with Gasteiger partial charge in [-0.3, -0.25) is 9.79 Å². The van der Waals surface area contributed by atoms with Crippen molar-refractivity contribution in [1.82, 2.24) is 0 Å². The van der Waals surface area contributed by atoms with E-state index in [0.717, 1.165) is 13.0 Å². The van der Waals surface area contributed by atoms with Gasteiger partial charge in [0, 0.05) is 18.7 Å². The van der Waals surface area contributed by atoms with E-state index in [1.165, 1.54) is 44.2 Å². The minimum absolute atomic E-state index is 0.105. The molecular formula is C15H29NO2. The molecule has 1 heterocycles. The van der Waals surface area contributed by atoms with Gasteiger partial charge in [0.05, 0.1) is 6.61 Å². The van der Waals surface area contributed by atoms with Crippen LogP contribution in [0.25, 0.3) is 0 Å². The predicted octanol–water partition coefficient (Wildman–Crippen LogP) is 4.15. The third-order valence-corrected chi connectivity index (χ3v) is 2.78. The number of esters is 1. The maximum atomic E-state index is 10.3. The Kier molecular flexibility index (Phi) is 12.0. The standard InChI is InChI=1S/C9H17N.C6H12O2/c1-2-3-4-6-9-7-5-8-10-9;1-3-5-8-6(7)4-2/h2-8H2,1H3;3-5H2,1-2H3. The van der Waals surface area contributed by atoms with Crippen LogP contribution in [0.1, 0.15) is 72.1 Å². The Morgan fingerprint density at radius 2 is 2.00 bits per heavy atom. The molecule has 0 unspecified atom stereocenters. The first-order valence-electron chi connectivity index (χ1n) is 7.42. The zero-order valence-electron chi connectivity index (χ0n) is 12.3. The quantitative estimate of drug-likeness (QED) is 0.506. The number of hydrogen-bond donors (Lipinski definition) is 0. The molecule has 0 aliphatic carbocycles. The van der Waals surface area contributed by atoms with Gasteiger partial charge in [0.2, 0.25) is 0 Å². The number of ether oxygens (including phenoxy) is 1. The highest BCUT2D eigenvalue weighted by Gasteiger charge is 2.04. The zero-order chi connectivity index (χ0) is 13.6. The van der Waals surface area contributed by atoms with Gasteiger partial charge >= 0.3 is 5.97 Å². The minimum atomic E-state index is -0.105. The fourth-order valence-electron chi connectivity index (χ4n) is 1.70. The normalized spacial score (nSPS) is 13.6. The molecule has 0 bridgehead atoms. The summed E-state index contributed by atoms with van der Waals surface area (Å²) in [5.74, 6) is -0.105. The number of hydrogen-bond acceptors (Lipinski definition) is 3. The Morgan fingerprint density at radius 3 is 2.50 bits per heavy atom. The van der Waals surface area contributed by atoms with Gasteiger partial charge in [-0.05, 0) is 32.1 Å². The summed E-state index contributed by atoms with van der Waals surface area (Å²) in [6, 6.07) is 0. The molecule has 0 N–H and O–H groups in total. The van der Waals surface area contributed by atoms with E-state index in [9.17, 15) is 4.79 Å². The number of nitrogens with zero attached hydrogens (tertiary/aromatic N) is 1. The highest BCUT2D eigenvalue weighted by atomic mass is 16.5. The summed E-state index contributed by atoms with van der Waals surface area (Å²) in [7, 11) is 0. The molecular weight excluding hydrogens is 226 g/mol. The van der Waals surface area contributed by atoms with Gasteiger partial charge in [0.15, 0.2) is 0 Å². The van der Waals surface area contributed by atoms with Crippen molar-refractivity contribution in [2.75, 3.05) is 13.2 Å². The van der Waals surface area contributed by atoms with Crippen molar-refractivity contribution in [3.8, 4) is 0 Å². The van der Waals surface area contributed by atoms with E-state index in [0.29, 0.717) is 13.0 Å². The van der Waals surface area contributed by atoms with Crippen LogP contribution >= 0.6 is 0 Å². The monoisotopic (exact) mass is 255 g/mol. The smallest absolute Gasteiger partial charge is 0.305 e. The lowest BCUT2D eigenvalue weighted by Gasteiger charge is -1.97. The van der Waals surface area contributed by atoms with Crippen molar-refractivity contribution >= 4 is 11.7 Å². The van der Waals surface area contributed by atoms with Gasteiger partial charge in [-0.25, -0.2) is 0 Å². The van der Waals surface area contributed by atoms with Crippen molar-refractivity contribution in [3.63, 3.8) is 0 Å². The molecule has 0 saturated carbocycles. The molecule has 0 fully saturated rings. The van der Waals surface area contributed by atoms with Crippen molar-refractivity contribution in [3.05, 3.63) is 0 Å². The Balaban J connectivity index is 0.000000331.